The zero-order valence-corrected chi connectivity index (χ0v) is 16.8. The van der Waals surface area contributed by atoms with Crippen LogP contribution in [0.3, 0.4) is 0 Å². The molecule has 1 saturated heterocycles. The van der Waals surface area contributed by atoms with Gasteiger partial charge in [-0.15, -0.1) is 0 Å². The number of hydrogen-bond donors (Lipinski definition) is 2. The molecule has 1 aliphatic rings. The van der Waals surface area contributed by atoms with E-state index in [1.807, 2.05) is 13.8 Å². The van der Waals surface area contributed by atoms with Gasteiger partial charge in [0.2, 0.25) is 5.91 Å². The SMILES string of the molecule is CCCNC(=O)C1CCCN(C(=O)c2[nH]c(C)c(C(=O)OC)c2CCC)C1. The van der Waals surface area contributed by atoms with Crippen molar-refractivity contribution in [3.05, 3.63) is 22.5 Å². The summed E-state index contributed by atoms with van der Waals surface area (Å²) in [6, 6.07) is 0. The molecule has 2 rings (SSSR count). The van der Waals surface area contributed by atoms with Gasteiger partial charge in [-0.3, -0.25) is 9.59 Å². The lowest BCUT2D eigenvalue weighted by atomic mass is 9.96. The highest BCUT2D eigenvalue weighted by Crippen LogP contribution is 2.25. The van der Waals surface area contributed by atoms with Crippen molar-refractivity contribution >= 4 is 17.8 Å². The van der Waals surface area contributed by atoms with Crippen molar-refractivity contribution in [2.45, 2.75) is 52.9 Å². The Labute approximate surface area is 160 Å². The lowest BCUT2D eigenvalue weighted by Crippen LogP contribution is -2.45. The normalized spacial score (nSPS) is 16.9. The van der Waals surface area contributed by atoms with Crippen molar-refractivity contribution in [2.75, 3.05) is 26.7 Å². The van der Waals surface area contributed by atoms with Gasteiger partial charge in [0.1, 0.15) is 5.69 Å². The number of nitrogens with one attached hydrogen (secondary N) is 2. The van der Waals surface area contributed by atoms with Gasteiger partial charge in [0.15, 0.2) is 0 Å². The lowest BCUT2D eigenvalue weighted by molar-refractivity contribution is -0.126. The number of hydrogen-bond acceptors (Lipinski definition) is 4. The van der Waals surface area contributed by atoms with Crippen LogP contribution in [-0.2, 0) is 16.0 Å². The molecular weight excluding hydrogens is 346 g/mol. The van der Waals surface area contributed by atoms with E-state index < -0.39 is 5.97 Å². The number of carbonyl (C=O) groups is 3. The molecule has 0 radical (unpaired) electrons. The van der Waals surface area contributed by atoms with E-state index in [4.69, 9.17) is 4.74 Å². The highest BCUT2D eigenvalue weighted by molar-refractivity contribution is 6.01. The first kappa shape index (κ1) is 21.0. The van der Waals surface area contributed by atoms with Crippen LogP contribution in [0.5, 0.6) is 0 Å². The van der Waals surface area contributed by atoms with Crippen LogP contribution < -0.4 is 5.32 Å². The van der Waals surface area contributed by atoms with Gasteiger partial charge in [0.25, 0.3) is 5.91 Å². The maximum absolute atomic E-state index is 13.2. The fourth-order valence-electron chi connectivity index (χ4n) is 3.66. The Morgan fingerprint density at radius 3 is 2.63 bits per heavy atom. The highest BCUT2D eigenvalue weighted by atomic mass is 16.5. The van der Waals surface area contributed by atoms with Crippen molar-refractivity contribution in [1.29, 1.82) is 0 Å². The first-order valence-corrected chi connectivity index (χ1v) is 9.81. The largest absolute Gasteiger partial charge is 0.465 e. The summed E-state index contributed by atoms with van der Waals surface area (Å²) in [6.45, 7) is 7.48. The number of amides is 2. The Morgan fingerprint density at radius 1 is 1.26 bits per heavy atom. The minimum Gasteiger partial charge on any atom is -0.465 e. The van der Waals surface area contributed by atoms with E-state index in [0.717, 1.165) is 25.7 Å². The van der Waals surface area contributed by atoms with Gasteiger partial charge in [-0.05, 0) is 38.2 Å². The number of ether oxygens (including phenoxy) is 1. The zero-order valence-electron chi connectivity index (χ0n) is 16.8. The molecule has 1 fully saturated rings. The average Bonchev–Trinajstić information content (AvgIpc) is 3.01. The van der Waals surface area contributed by atoms with E-state index in [-0.39, 0.29) is 17.7 Å². The van der Waals surface area contributed by atoms with E-state index in [2.05, 4.69) is 10.3 Å². The van der Waals surface area contributed by atoms with Crippen LogP contribution in [0.15, 0.2) is 0 Å². The van der Waals surface area contributed by atoms with Gasteiger partial charge in [-0.1, -0.05) is 20.3 Å². The summed E-state index contributed by atoms with van der Waals surface area (Å²) < 4.78 is 4.89. The van der Waals surface area contributed by atoms with Crippen LogP contribution >= 0.6 is 0 Å². The quantitative estimate of drug-likeness (QED) is 0.714. The summed E-state index contributed by atoms with van der Waals surface area (Å²) in [5, 5.41) is 2.92. The van der Waals surface area contributed by atoms with Crippen LogP contribution in [0.1, 0.15) is 71.6 Å². The third-order valence-electron chi connectivity index (χ3n) is 5.02. The number of esters is 1. The van der Waals surface area contributed by atoms with E-state index >= 15 is 0 Å². The smallest absolute Gasteiger partial charge is 0.339 e. The first-order chi connectivity index (χ1) is 12.9. The van der Waals surface area contributed by atoms with Crippen molar-refractivity contribution in [3.63, 3.8) is 0 Å². The Kier molecular flexibility index (Phi) is 7.45. The molecule has 0 bridgehead atoms. The van der Waals surface area contributed by atoms with Gasteiger partial charge in [-0.2, -0.15) is 0 Å². The molecule has 0 spiro atoms. The molecule has 0 aromatic carbocycles. The number of piperidine rings is 1. The molecule has 0 saturated carbocycles. The van der Waals surface area contributed by atoms with Crippen molar-refractivity contribution in [1.82, 2.24) is 15.2 Å². The summed E-state index contributed by atoms with van der Waals surface area (Å²) >= 11 is 0. The molecule has 2 heterocycles. The third-order valence-corrected chi connectivity index (χ3v) is 5.02. The maximum atomic E-state index is 13.2. The van der Waals surface area contributed by atoms with Gasteiger partial charge in [0, 0.05) is 25.3 Å². The fourth-order valence-corrected chi connectivity index (χ4v) is 3.66. The summed E-state index contributed by atoms with van der Waals surface area (Å²) in [6.07, 6.45) is 3.90. The predicted molar refractivity (Wildman–Crippen MR) is 103 cm³/mol. The van der Waals surface area contributed by atoms with Crippen molar-refractivity contribution in [3.8, 4) is 0 Å². The number of methoxy groups -OCH3 is 1. The number of rotatable bonds is 7. The molecule has 2 N–H and O–H groups in total. The molecule has 0 aliphatic carbocycles. The molecule has 150 valence electrons. The van der Waals surface area contributed by atoms with E-state index in [1.54, 1.807) is 11.8 Å². The molecule has 7 nitrogen and oxygen atoms in total. The summed E-state index contributed by atoms with van der Waals surface area (Å²) in [4.78, 5) is 42.5. The minimum absolute atomic E-state index is 0.0149. The number of likely N-dealkylation sites (tertiary alicyclic amines) is 1. The fraction of sp³-hybridized carbons (Fsp3) is 0.650. The number of nitrogens with zero attached hydrogens (tertiary/aromatic N) is 1. The monoisotopic (exact) mass is 377 g/mol. The number of aryl methyl sites for hydroxylation is 1. The second kappa shape index (κ2) is 9.58. The van der Waals surface area contributed by atoms with Crippen LogP contribution in [0.25, 0.3) is 0 Å². The highest BCUT2D eigenvalue weighted by Gasteiger charge is 2.32. The number of carbonyl (C=O) groups excluding carboxylic acids is 3. The van der Waals surface area contributed by atoms with E-state index in [0.29, 0.717) is 48.6 Å². The first-order valence-electron chi connectivity index (χ1n) is 9.81. The summed E-state index contributed by atoms with van der Waals surface area (Å²) in [5.41, 5.74) is 2.26. The van der Waals surface area contributed by atoms with Crippen LogP contribution in [0.4, 0.5) is 0 Å². The number of aromatic nitrogens is 1. The van der Waals surface area contributed by atoms with Crippen molar-refractivity contribution < 1.29 is 19.1 Å². The molecule has 1 unspecified atom stereocenters. The standard InChI is InChI=1S/C20H31N3O4/c1-5-8-15-16(20(26)27-4)13(3)22-17(15)19(25)23-11-7-9-14(12-23)18(24)21-10-6-2/h14,22H,5-12H2,1-4H3,(H,21,24). The Morgan fingerprint density at radius 2 is 2.00 bits per heavy atom. The number of H-pyrrole nitrogens is 1. The van der Waals surface area contributed by atoms with Crippen molar-refractivity contribution in [2.24, 2.45) is 5.92 Å². The number of aromatic amines is 1. The molecule has 7 heteroatoms. The van der Waals surface area contributed by atoms with Crippen LogP contribution in [0.2, 0.25) is 0 Å². The topological polar surface area (TPSA) is 91.5 Å². The zero-order chi connectivity index (χ0) is 20.0. The van der Waals surface area contributed by atoms with Gasteiger partial charge in [0.05, 0.1) is 18.6 Å². The molecule has 1 aliphatic heterocycles. The lowest BCUT2D eigenvalue weighted by Gasteiger charge is -2.32. The van der Waals surface area contributed by atoms with Crippen LogP contribution in [0, 0.1) is 12.8 Å². The minimum atomic E-state index is -0.429. The van der Waals surface area contributed by atoms with Gasteiger partial charge in [-0.25, -0.2) is 4.79 Å². The summed E-state index contributed by atoms with van der Waals surface area (Å²) in [5.74, 6) is -0.743. The maximum Gasteiger partial charge on any atom is 0.339 e. The Bertz CT molecular complexity index is 696. The van der Waals surface area contributed by atoms with Gasteiger partial charge < -0.3 is 19.9 Å². The van der Waals surface area contributed by atoms with Crippen LogP contribution in [-0.4, -0.2) is 54.4 Å². The molecule has 1 aromatic rings. The molecule has 1 atom stereocenters. The third kappa shape index (κ3) is 4.70. The van der Waals surface area contributed by atoms with E-state index in [9.17, 15) is 14.4 Å². The molecule has 1 aromatic heterocycles. The second-order valence-corrected chi connectivity index (χ2v) is 7.10. The molecular formula is C20H31N3O4. The predicted octanol–water partition coefficient (Wildman–Crippen LogP) is 2.44. The van der Waals surface area contributed by atoms with Gasteiger partial charge >= 0.3 is 5.97 Å². The Balaban J connectivity index is 2.23. The summed E-state index contributed by atoms with van der Waals surface area (Å²) in [7, 11) is 1.34. The Hall–Kier alpha value is -2.31. The van der Waals surface area contributed by atoms with E-state index in [1.165, 1.54) is 7.11 Å². The second-order valence-electron chi connectivity index (χ2n) is 7.10. The molecule has 27 heavy (non-hydrogen) atoms. The average molecular weight is 377 g/mol. The molecule has 2 amide bonds.